The van der Waals surface area contributed by atoms with Crippen molar-refractivity contribution in [3.63, 3.8) is 0 Å². The van der Waals surface area contributed by atoms with Crippen molar-refractivity contribution in [2.75, 3.05) is 0 Å². The molecule has 112 valence electrons. The second kappa shape index (κ2) is 17.4. The molecular weight excluding hydrogens is 232 g/mol. The van der Waals surface area contributed by atoms with Crippen LogP contribution in [0.15, 0.2) is 12.2 Å². The van der Waals surface area contributed by atoms with Crippen molar-refractivity contribution in [2.24, 2.45) is 0 Å². The maximum absolute atomic E-state index is 10.1. The van der Waals surface area contributed by atoms with Gasteiger partial charge in [0.15, 0.2) is 0 Å². The molecule has 19 heavy (non-hydrogen) atoms. The predicted molar refractivity (Wildman–Crippen MR) is 85.5 cm³/mol. The van der Waals surface area contributed by atoms with Crippen LogP contribution in [0, 0.1) is 0 Å². The Morgan fingerprint density at radius 1 is 0.579 bits per heavy atom. The number of rotatable bonds is 15. The third-order valence-electron chi connectivity index (χ3n) is 3.58. The molecule has 0 saturated heterocycles. The quantitative estimate of drug-likeness (QED) is 0.195. The zero-order valence-corrected chi connectivity index (χ0v) is 13.0. The van der Waals surface area contributed by atoms with Gasteiger partial charge in [-0.2, -0.15) is 0 Å². The summed E-state index contributed by atoms with van der Waals surface area (Å²) < 4.78 is 0. The maximum atomic E-state index is 10.1. The van der Waals surface area contributed by atoms with E-state index in [0.29, 0.717) is 0 Å². The summed E-state index contributed by atoms with van der Waals surface area (Å²) in [5.41, 5.74) is 0. The van der Waals surface area contributed by atoms with Crippen LogP contribution in [0.4, 0.5) is 0 Å². The topological polar surface area (TPSA) is 17.1 Å². The first-order valence-electron chi connectivity index (χ1n) is 8.50. The van der Waals surface area contributed by atoms with Crippen LogP contribution in [-0.2, 0) is 4.79 Å². The van der Waals surface area contributed by atoms with E-state index < -0.39 is 0 Å². The van der Waals surface area contributed by atoms with Gasteiger partial charge in [-0.05, 0) is 32.1 Å². The minimum Gasteiger partial charge on any atom is -0.303 e. The van der Waals surface area contributed by atoms with Gasteiger partial charge < -0.3 is 4.79 Å². The van der Waals surface area contributed by atoms with Crippen molar-refractivity contribution in [1.82, 2.24) is 0 Å². The van der Waals surface area contributed by atoms with E-state index in [1.807, 2.05) is 0 Å². The van der Waals surface area contributed by atoms with Crippen molar-refractivity contribution in [3.05, 3.63) is 12.2 Å². The molecule has 1 heteroatoms. The van der Waals surface area contributed by atoms with Crippen molar-refractivity contribution in [2.45, 2.75) is 96.8 Å². The van der Waals surface area contributed by atoms with Crippen molar-refractivity contribution in [1.29, 1.82) is 0 Å². The second-order valence-corrected chi connectivity index (χ2v) is 5.54. The molecule has 0 bridgehead atoms. The molecule has 0 atom stereocenters. The Morgan fingerprint density at radius 2 is 1.00 bits per heavy atom. The Bertz CT molecular complexity index is 196. The van der Waals surface area contributed by atoms with Gasteiger partial charge in [-0.1, -0.05) is 70.4 Å². The van der Waals surface area contributed by atoms with Crippen LogP contribution in [0.5, 0.6) is 0 Å². The Kier molecular flexibility index (Phi) is 16.9. The molecule has 0 heterocycles. The number of aldehydes is 1. The summed E-state index contributed by atoms with van der Waals surface area (Å²) in [4.78, 5) is 10.1. The SMILES string of the molecule is CCCCCC/C=C/CCCCCCCCCC=O. The minimum absolute atomic E-state index is 0.753. The number of hydrogen-bond acceptors (Lipinski definition) is 1. The molecule has 0 aliphatic rings. The Morgan fingerprint density at radius 3 is 1.47 bits per heavy atom. The van der Waals surface area contributed by atoms with Crippen LogP contribution in [0.3, 0.4) is 0 Å². The molecule has 1 nitrogen and oxygen atoms in total. The smallest absolute Gasteiger partial charge is 0.119 e. The normalized spacial score (nSPS) is 11.2. The fourth-order valence-corrected chi connectivity index (χ4v) is 2.30. The molecule has 0 rings (SSSR count). The van der Waals surface area contributed by atoms with Crippen LogP contribution in [0.1, 0.15) is 96.8 Å². The molecule has 0 radical (unpaired) electrons. The summed E-state index contributed by atoms with van der Waals surface area (Å²) in [6, 6.07) is 0. The largest absolute Gasteiger partial charge is 0.303 e. The van der Waals surface area contributed by atoms with Crippen LogP contribution < -0.4 is 0 Å². The Hall–Kier alpha value is -0.590. The van der Waals surface area contributed by atoms with Crippen LogP contribution in [0.25, 0.3) is 0 Å². The second-order valence-electron chi connectivity index (χ2n) is 5.54. The lowest BCUT2D eigenvalue weighted by Crippen LogP contribution is -1.81. The highest BCUT2D eigenvalue weighted by atomic mass is 16.1. The molecule has 0 aliphatic carbocycles. The first kappa shape index (κ1) is 18.4. The van der Waals surface area contributed by atoms with E-state index in [1.54, 1.807) is 0 Å². The number of allylic oxidation sites excluding steroid dienone is 2. The maximum Gasteiger partial charge on any atom is 0.119 e. The average molecular weight is 266 g/mol. The molecule has 0 aromatic carbocycles. The fourth-order valence-electron chi connectivity index (χ4n) is 2.30. The zero-order chi connectivity index (χ0) is 14.0. The van der Waals surface area contributed by atoms with Crippen LogP contribution >= 0.6 is 0 Å². The summed E-state index contributed by atoms with van der Waals surface area (Å²) in [7, 11) is 0. The van der Waals surface area contributed by atoms with Crippen molar-refractivity contribution >= 4 is 6.29 Å². The first-order chi connectivity index (χ1) is 9.41. The third-order valence-corrected chi connectivity index (χ3v) is 3.58. The lowest BCUT2D eigenvalue weighted by Gasteiger charge is -1.99. The van der Waals surface area contributed by atoms with Gasteiger partial charge in [-0.25, -0.2) is 0 Å². The van der Waals surface area contributed by atoms with Gasteiger partial charge in [-0.15, -0.1) is 0 Å². The zero-order valence-electron chi connectivity index (χ0n) is 13.0. The highest BCUT2D eigenvalue weighted by Gasteiger charge is 1.91. The van der Waals surface area contributed by atoms with Crippen molar-refractivity contribution < 1.29 is 4.79 Å². The lowest BCUT2D eigenvalue weighted by atomic mass is 10.1. The Balaban J connectivity index is 3.01. The average Bonchev–Trinajstić information content (AvgIpc) is 2.43. The molecule has 0 fully saturated rings. The van der Waals surface area contributed by atoms with E-state index in [4.69, 9.17) is 0 Å². The molecule has 0 amide bonds. The minimum atomic E-state index is 0.753. The molecule has 0 unspecified atom stereocenters. The van der Waals surface area contributed by atoms with Gasteiger partial charge in [0.05, 0.1) is 0 Å². The summed E-state index contributed by atoms with van der Waals surface area (Å²) in [5, 5.41) is 0. The van der Waals surface area contributed by atoms with E-state index in [1.165, 1.54) is 77.0 Å². The third kappa shape index (κ3) is 17.4. The molecular formula is C18H34O. The number of carbonyl (C=O) groups is 1. The number of carbonyl (C=O) groups excluding carboxylic acids is 1. The van der Waals surface area contributed by atoms with Gasteiger partial charge in [0, 0.05) is 6.42 Å². The van der Waals surface area contributed by atoms with E-state index in [9.17, 15) is 4.79 Å². The highest BCUT2D eigenvalue weighted by Crippen LogP contribution is 2.10. The molecule has 0 aromatic rings. The summed E-state index contributed by atoms with van der Waals surface area (Å²) in [6.07, 6.45) is 23.6. The number of hydrogen-bond donors (Lipinski definition) is 0. The number of unbranched alkanes of at least 4 members (excludes halogenated alkanes) is 12. The molecule has 0 aliphatic heterocycles. The Labute approximate surface area is 120 Å². The molecule has 0 aromatic heterocycles. The van der Waals surface area contributed by atoms with Gasteiger partial charge in [0.2, 0.25) is 0 Å². The van der Waals surface area contributed by atoms with E-state index in [2.05, 4.69) is 19.1 Å². The monoisotopic (exact) mass is 266 g/mol. The van der Waals surface area contributed by atoms with Crippen LogP contribution in [0.2, 0.25) is 0 Å². The van der Waals surface area contributed by atoms with E-state index in [0.717, 1.165) is 19.1 Å². The summed E-state index contributed by atoms with van der Waals surface area (Å²) in [6.45, 7) is 2.26. The standard InChI is InChI=1S/C18H34O/c1-2-3-4-5-6-7-8-9-10-11-12-13-14-15-16-17-18-19/h7-8,18H,2-6,9-17H2,1H3/b8-7+. The van der Waals surface area contributed by atoms with E-state index >= 15 is 0 Å². The van der Waals surface area contributed by atoms with Gasteiger partial charge in [-0.3, -0.25) is 0 Å². The fraction of sp³-hybridized carbons (Fsp3) is 0.833. The predicted octanol–water partition coefficient (Wildman–Crippen LogP) is 6.22. The molecule has 0 saturated carbocycles. The lowest BCUT2D eigenvalue weighted by molar-refractivity contribution is -0.107. The highest BCUT2D eigenvalue weighted by molar-refractivity contribution is 5.48. The van der Waals surface area contributed by atoms with Crippen molar-refractivity contribution in [3.8, 4) is 0 Å². The van der Waals surface area contributed by atoms with Gasteiger partial charge in [0.1, 0.15) is 6.29 Å². The van der Waals surface area contributed by atoms with Gasteiger partial charge in [0.25, 0.3) is 0 Å². The van der Waals surface area contributed by atoms with Crippen LogP contribution in [-0.4, -0.2) is 6.29 Å². The van der Waals surface area contributed by atoms with Gasteiger partial charge >= 0.3 is 0 Å². The first-order valence-corrected chi connectivity index (χ1v) is 8.50. The summed E-state index contributed by atoms with van der Waals surface area (Å²) in [5.74, 6) is 0. The summed E-state index contributed by atoms with van der Waals surface area (Å²) >= 11 is 0. The van der Waals surface area contributed by atoms with E-state index in [-0.39, 0.29) is 0 Å². The molecule has 0 N–H and O–H groups in total. The molecule has 0 spiro atoms.